The lowest BCUT2D eigenvalue weighted by molar-refractivity contribution is -0.134. The van der Waals surface area contributed by atoms with Gasteiger partial charge < -0.3 is 5.32 Å². The Morgan fingerprint density at radius 2 is 1.95 bits per heavy atom. The van der Waals surface area contributed by atoms with E-state index >= 15 is 0 Å². The zero-order valence-electron chi connectivity index (χ0n) is 11.9. The van der Waals surface area contributed by atoms with Gasteiger partial charge in [-0.1, -0.05) is 19.9 Å². The van der Waals surface area contributed by atoms with Crippen LogP contribution in [0.3, 0.4) is 0 Å². The van der Waals surface area contributed by atoms with E-state index in [0.717, 1.165) is 0 Å². The molecular formula is C15H19FN2O2. The summed E-state index contributed by atoms with van der Waals surface area (Å²) < 4.78 is 13.7. The van der Waals surface area contributed by atoms with Gasteiger partial charge in [-0.2, -0.15) is 0 Å². The molecule has 2 unspecified atom stereocenters. The van der Waals surface area contributed by atoms with Crippen LogP contribution in [0.15, 0.2) is 18.2 Å². The first-order valence-corrected chi connectivity index (χ1v) is 6.89. The van der Waals surface area contributed by atoms with E-state index in [-0.39, 0.29) is 17.6 Å². The number of anilines is 1. The molecule has 0 radical (unpaired) electrons. The SMILES string of the molecule is CCC1NC(=O)C(CC)N(c2ccc(C)c(F)c2)C1=O. The second-order valence-corrected chi connectivity index (χ2v) is 5.04. The van der Waals surface area contributed by atoms with Crippen LogP contribution in [-0.4, -0.2) is 23.9 Å². The molecule has 0 spiro atoms. The normalized spacial score (nSPS) is 22.9. The van der Waals surface area contributed by atoms with Crippen molar-refractivity contribution in [3.8, 4) is 0 Å². The maximum Gasteiger partial charge on any atom is 0.250 e. The number of hydrogen-bond acceptors (Lipinski definition) is 2. The number of hydrogen-bond donors (Lipinski definition) is 1. The number of nitrogens with zero attached hydrogens (tertiary/aromatic N) is 1. The average molecular weight is 278 g/mol. The van der Waals surface area contributed by atoms with Crippen molar-refractivity contribution in [2.75, 3.05) is 4.90 Å². The predicted molar refractivity (Wildman–Crippen MR) is 74.9 cm³/mol. The summed E-state index contributed by atoms with van der Waals surface area (Å²) in [4.78, 5) is 26.0. The molecule has 1 N–H and O–H groups in total. The van der Waals surface area contributed by atoms with Crippen LogP contribution < -0.4 is 10.2 Å². The number of carbonyl (C=O) groups is 2. The maximum absolute atomic E-state index is 13.7. The fraction of sp³-hybridized carbons (Fsp3) is 0.467. The molecule has 0 bridgehead atoms. The molecule has 0 aliphatic carbocycles. The summed E-state index contributed by atoms with van der Waals surface area (Å²) in [6.07, 6.45) is 1.01. The molecule has 108 valence electrons. The van der Waals surface area contributed by atoms with Gasteiger partial charge in [-0.05, 0) is 37.5 Å². The molecule has 4 nitrogen and oxygen atoms in total. The smallest absolute Gasteiger partial charge is 0.250 e. The lowest BCUT2D eigenvalue weighted by Crippen LogP contribution is -2.63. The highest BCUT2D eigenvalue weighted by Gasteiger charge is 2.39. The van der Waals surface area contributed by atoms with Crippen molar-refractivity contribution in [1.29, 1.82) is 0 Å². The highest BCUT2D eigenvalue weighted by Crippen LogP contribution is 2.25. The lowest BCUT2D eigenvalue weighted by atomic mass is 10.0. The van der Waals surface area contributed by atoms with Crippen LogP contribution in [0.4, 0.5) is 10.1 Å². The summed E-state index contributed by atoms with van der Waals surface area (Å²) in [6.45, 7) is 5.33. The van der Waals surface area contributed by atoms with Gasteiger partial charge in [-0.3, -0.25) is 14.5 Å². The second-order valence-electron chi connectivity index (χ2n) is 5.04. The molecule has 1 saturated heterocycles. The number of amides is 2. The van der Waals surface area contributed by atoms with Crippen LogP contribution in [0.1, 0.15) is 32.3 Å². The number of nitrogens with one attached hydrogen (secondary N) is 1. The van der Waals surface area contributed by atoms with E-state index < -0.39 is 12.1 Å². The largest absolute Gasteiger partial charge is 0.342 e. The zero-order chi connectivity index (χ0) is 14.9. The van der Waals surface area contributed by atoms with E-state index in [0.29, 0.717) is 24.1 Å². The van der Waals surface area contributed by atoms with Gasteiger partial charge in [-0.15, -0.1) is 0 Å². The van der Waals surface area contributed by atoms with Crippen LogP contribution in [0.25, 0.3) is 0 Å². The Kier molecular flexibility index (Phi) is 4.06. The molecule has 0 saturated carbocycles. The molecule has 20 heavy (non-hydrogen) atoms. The number of piperazine rings is 1. The summed E-state index contributed by atoms with van der Waals surface area (Å²) in [6, 6.07) is 3.52. The third-order valence-electron chi connectivity index (χ3n) is 3.69. The minimum atomic E-state index is -0.576. The van der Waals surface area contributed by atoms with Crippen molar-refractivity contribution in [2.24, 2.45) is 0 Å². The number of rotatable bonds is 3. The summed E-state index contributed by atoms with van der Waals surface area (Å²) in [5.74, 6) is -0.730. The Bertz CT molecular complexity index is 545. The van der Waals surface area contributed by atoms with E-state index in [1.54, 1.807) is 19.1 Å². The van der Waals surface area contributed by atoms with Gasteiger partial charge in [0.15, 0.2) is 0 Å². The van der Waals surface area contributed by atoms with Crippen molar-refractivity contribution in [2.45, 2.75) is 45.7 Å². The van der Waals surface area contributed by atoms with Crippen molar-refractivity contribution >= 4 is 17.5 Å². The first-order chi connectivity index (χ1) is 9.49. The van der Waals surface area contributed by atoms with E-state index in [2.05, 4.69) is 5.32 Å². The Labute approximate surface area is 118 Å². The minimum Gasteiger partial charge on any atom is -0.342 e. The fourth-order valence-corrected chi connectivity index (χ4v) is 2.45. The molecule has 2 atom stereocenters. The first kappa shape index (κ1) is 14.5. The maximum atomic E-state index is 13.7. The fourth-order valence-electron chi connectivity index (χ4n) is 2.45. The van der Waals surface area contributed by atoms with Crippen LogP contribution in [0.5, 0.6) is 0 Å². The second kappa shape index (κ2) is 5.61. The molecule has 2 amide bonds. The van der Waals surface area contributed by atoms with E-state index in [9.17, 15) is 14.0 Å². The van der Waals surface area contributed by atoms with Crippen molar-refractivity contribution in [3.05, 3.63) is 29.6 Å². The third kappa shape index (κ3) is 2.40. The molecule has 1 aliphatic rings. The van der Waals surface area contributed by atoms with Gasteiger partial charge in [0, 0.05) is 5.69 Å². The minimum absolute atomic E-state index is 0.179. The van der Waals surface area contributed by atoms with Crippen LogP contribution in [-0.2, 0) is 9.59 Å². The highest BCUT2D eigenvalue weighted by molar-refractivity contribution is 6.08. The van der Waals surface area contributed by atoms with Crippen LogP contribution in [0, 0.1) is 12.7 Å². The van der Waals surface area contributed by atoms with Gasteiger partial charge in [0.25, 0.3) is 0 Å². The molecule has 5 heteroatoms. The first-order valence-electron chi connectivity index (χ1n) is 6.89. The Balaban J connectivity index is 2.44. The molecule has 0 aromatic heterocycles. The molecule has 1 fully saturated rings. The number of halogens is 1. The van der Waals surface area contributed by atoms with Gasteiger partial charge in [0.2, 0.25) is 11.8 Å². The Morgan fingerprint density at radius 3 is 2.50 bits per heavy atom. The van der Waals surface area contributed by atoms with Gasteiger partial charge in [0.1, 0.15) is 17.9 Å². The zero-order valence-corrected chi connectivity index (χ0v) is 11.9. The number of benzene rings is 1. The molecule has 1 aromatic rings. The summed E-state index contributed by atoms with van der Waals surface area (Å²) in [5.41, 5.74) is 0.959. The van der Waals surface area contributed by atoms with E-state index in [1.165, 1.54) is 11.0 Å². The van der Waals surface area contributed by atoms with Gasteiger partial charge in [0.05, 0.1) is 0 Å². The van der Waals surface area contributed by atoms with E-state index in [1.807, 2.05) is 13.8 Å². The van der Waals surface area contributed by atoms with Crippen molar-refractivity contribution < 1.29 is 14.0 Å². The van der Waals surface area contributed by atoms with Crippen LogP contribution in [0.2, 0.25) is 0 Å². The molecule has 1 aliphatic heterocycles. The summed E-state index contributed by atoms with van der Waals surface area (Å²) in [5, 5.41) is 2.72. The molecule has 1 aromatic carbocycles. The van der Waals surface area contributed by atoms with Gasteiger partial charge in [-0.25, -0.2) is 4.39 Å². The van der Waals surface area contributed by atoms with Crippen LogP contribution >= 0.6 is 0 Å². The molecular weight excluding hydrogens is 259 g/mol. The summed E-state index contributed by atoms with van der Waals surface area (Å²) in [7, 11) is 0. The van der Waals surface area contributed by atoms with Crippen molar-refractivity contribution in [3.63, 3.8) is 0 Å². The molecule has 1 heterocycles. The quantitative estimate of drug-likeness (QED) is 0.921. The standard InChI is InChI=1S/C15H19FN2O2/c1-4-12-15(20)18(13(5-2)14(19)17-12)10-7-6-9(3)11(16)8-10/h6-8,12-13H,4-5H2,1-3H3,(H,17,19). The Morgan fingerprint density at radius 1 is 1.25 bits per heavy atom. The number of aryl methyl sites for hydroxylation is 1. The van der Waals surface area contributed by atoms with Crippen molar-refractivity contribution in [1.82, 2.24) is 5.32 Å². The Hall–Kier alpha value is -1.91. The molecule has 2 rings (SSSR count). The predicted octanol–water partition coefficient (Wildman–Crippen LogP) is 2.15. The highest BCUT2D eigenvalue weighted by atomic mass is 19.1. The third-order valence-corrected chi connectivity index (χ3v) is 3.69. The average Bonchev–Trinajstić information content (AvgIpc) is 2.43. The monoisotopic (exact) mass is 278 g/mol. The lowest BCUT2D eigenvalue weighted by Gasteiger charge is -2.38. The van der Waals surface area contributed by atoms with E-state index in [4.69, 9.17) is 0 Å². The summed E-state index contributed by atoms with van der Waals surface area (Å²) >= 11 is 0. The van der Waals surface area contributed by atoms with Gasteiger partial charge >= 0.3 is 0 Å². The topological polar surface area (TPSA) is 49.4 Å². The number of carbonyl (C=O) groups excluding carboxylic acids is 2.